The van der Waals surface area contributed by atoms with E-state index in [1.54, 1.807) is 18.4 Å². The largest absolute Gasteiger partial charge is 0.497 e. The molecule has 8 heteroatoms. The van der Waals surface area contributed by atoms with Crippen LogP contribution in [0.1, 0.15) is 16.1 Å². The Morgan fingerprint density at radius 3 is 2.56 bits per heavy atom. The summed E-state index contributed by atoms with van der Waals surface area (Å²) in [5.74, 6) is 2.29. The summed E-state index contributed by atoms with van der Waals surface area (Å²) in [6, 6.07) is 15.2. The maximum Gasteiger partial charge on any atom is 0.278 e. The minimum atomic E-state index is 0.638. The molecular formula is C24H23N5O2S. The van der Waals surface area contributed by atoms with Crippen molar-refractivity contribution in [2.24, 2.45) is 0 Å². The van der Waals surface area contributed by atoms with Crippen LogP contribution in [-0.4, -0.2) is 33.5 Å². The number of fused-ring (bicyclic) bond motifs is 1. The molecule has 2 aromatic carbocycles. The number of benzene rings is 2. The summed E-state index contributed by atoms with van der Waals surface area (Å²) in [5, 5.41) is 0.638. The summed E-state index contributed by atoms with van der Waals surface area (Å²) in [7, 11) is 1.65. The van der Waals surface area contributed by atoms with Crippen molar-refractivity contribution in [1.29, 1.82) is 0 Å². The molecular weight excluding hydrogens is 422 g/mol. The molecule has 0 bridgehead atoms. The molecule has 5 rings (SSSR count). The fraction of sp³-hybridized carbons (Fsp3) is 0.208. The Morgan fingerprint density at radius 2 is 1.78 bits per heavy atom. The van der Waals surface area contributed by atoms with Crippen LogP contribution in [0.15, 0.2) is 60.9 Å². The Bertz CT molecular complexity index is 1210. The van der Waals surface area contributed by atoms with Gasteiger partial charge in [0.15, 0.2) is 5.82 Å². The van der Waals surface area contributed by atoms with Crippen LogP contribution in [0.4, 0.5) is 5.69 Å². The fourth-order valence-corrected chi connectivity index (χ4v) is 4.48. The molecule has 4 aromatic rings. The zero-order valence-corrected chi connectivity index (χ0v) is 18.5. The first-order valence-electron chi connectivity index (χ1n) is 10.4. The van der Waals surface area contributed by atoms with Gasteiger partial charge in [-0.2, -0.15) is 0 Å². The van der Waals surface area contributed by atoms with E-state index in [-0.39, 0.29) is 0 Å². The van der Waals surface area contributed by atoms with Gasteiger partial charge in [0.05, 0.1) is 12.8 Å². The number of hydrogen-bond donors (Lipinski definition) is 1. The van der Waals surface area contributed by atoms with Crippen molar-refractivity contribution in [3.63, 3.8) is 0 Å². The molecule has 0 aliphatic carbocycles. The molecule has 2 aromatic heterocycles. The van der Waals surface area contributed by atoms with Crippen molar-refractivity contribution >= 4 is 17.0 Å². The Labute approximate surface area is 190 Å². The monoisotopic (exact) mass is 445 g/mol. The highest BCUT2D eigenvalue weighted by atomic mass is 32.1. The number of nitrogens with two attached hydrogens (primary N) is 1. The van der Waals surface area contributed by atoms with Gasteiger partial charge in [0, 0.05) is 60.1 Å². The molecule has 1 aliphatic heterocycles. The van der Waals surface area contributed by atoms with Crippen molar-refractivity contribution in [1.82, 2.24) is 19.9 Å². The normalized spacial score (nSPS) is 13.5. The van der Waals surface area contributed by atoms with Gasteiger partial charge in [0.1, 0.15) is 11.5 Å². The average Bonchev–Trinajstić information content (AvgIpc) is 3.26. The standard InChI is InChI=1S/C24H23N5O2S/c1-30-19-6-8-20(9-7-19)31-24-27-13-21(32-24)15-29-11-10-22-17(14-29)12-26-23(28-22)16-2-4-18(25)5-3-16/h2-9,12-13H,10-11,14-15,25H2,1H3. The fourth-order valence-electron chi connectivity index (χ4n) is 3.66. The summed E-state index contributed by atoms with van der Waals surface area (Å²) in [5.41, 5.74) is 9.80. The van der Waals surface area contributed by atoms with E-state index in [1.807, 2.05) is 60.9 Å². The van der Waals surface area contributed by atoms with E-state index in [0.717, 1.165) is 65.2 Å². The summed E-state index contributed by atoms with van der Waals surface area (Å²) in [4.78, 5) is 17.4. The third-order valence-corrected chi connectivity index (χ3v) is 6.22. The zero-order valence-electron chi connectivity index (χ0n) is 17.7. The van der Waals surface area contributed by atoms with Gasteiger partial charge in [0.2, 0.25) is 0 Å². The maximum atomic E-state index is 5.87. The van der Waals surface area contributed by atoms with Crippen LogP contribution < -0.4 is 15.2 Å². The van der Waals surface area contributed by atoms with Crippen molar-refractivity contribution in [3.05, 3.63) is 77.1 Å². The van der Waals surface area contributed by atoms with Crippen LogP contribution in [0.25, 0.3) is 11.4 Å². The van der Waals surface area contributed by atoms with Crippen LogP contribution in [0, 0.1) is 0 Å². The molecule has 0 radical (unpaired) electrons. The van der Waals surface area contributed by atoms with Crippen molar-refractivity contribution in [2.75, 3.05) is 19.4 Å². The summed E-state index contributed by atoms with van der Waals surface area (Å²) in [6.07, 6.45) is 4.73. The van der Waals surface area contributed by atoms with E-state index in [4.69, 9.17) is 20.2 Å². The smallest absolute Gasteiger partial charge is 0.278 e. The Kier molecular flexibility index (Phi) is 5.70. The minimum Gasteiger partial charge on any atom is -0.497 e. The molecule has 162 valence electrons. The minimum absolute atomic E-state index is 0.638. The van der Waals surface area contributed by atoms with Crippen LogP contribution in [0.3, 0.4) is 0 Å². The van der Waals surface area contributed by atoms with Crippen molar-refractivity contribution < 1.29 is 9.47 Å². The van der Waals surface area contributed by atoms with Gasteiger partial charge in [-0.15, -0.1) is 0 Å². The lowest BCUT2D eigenvalue weighted by atomic mass is 10.1. The first kappa shape index (κ1) is 20.4. The molecule has 3 heterocycles. The van der Waals surface area contributed by atoms with Gasteiger partial charge in [-0.1, -0.05) is 11.3 Å². The van der Waals surface area contributed by atoms with Crippen LogP contribution in [0.2, 0.25) is 0 Å². The van der Waals surface area contributed by atoms with Crippen LogP contribution >= 0.6 is 11.3 Å². The average molecular weight is 446 g/mol. The van der Waals surface area contributed by atoms with E-state index in [9.17, 15) is 0 Å². The lowest BCUT2D eigenvalue weighted by molar-refractivity contribution is 0.245. The molecule has 0 spiro atoms. The number of ether oxygens (including phenoxy) is 2. The van der Waals surface area contributed by atoms with Gasteiger partial charge in [-0.25, -0.2) is 15.0 Å². The van der Waals surface area contributed by atoms with Gasteiger partial charge >= 0.3 is 0 Å². The highest BCUT2D eigenvalue weighted by Gasteiger charge is 2.20. The molecule has 32 heavy (non-hydrogen) atoms. The predicted molar refractivity (Wildman–Crippen MR) is 125 cm³/mol. The predicted octanol–water partition coefficient (Wildman–Crippen LogP) is 4.54. The van der Waals surface area contributed by atoms with Crippen molar-refractivity contribution in [3.8, 4) is 28.1 Å². The highest BCUT2D eigenvalue weighted by molar-refractivity contribution is 7.13. The van der Waals surface area contributed by atoms with E-state index in [2.05, 4.69) is 14.9 Å². The lowest BCUT2D eigenvalue weighted by Gasteiger charge is -2.27. The topological polar surface area (TPSA) is 86.4 Å². The quantitative estimate of drug-likeness (QED) is 0.436. The lowest BCUT2D eigenvalue weighted by Crippen LogP contribution is -2.30. The van der Waals surface area contributed by atoms with Gasteiger partial charge in [-0.3, -0.25) is 4.90 Å². The number of nitrogen functional groups attached to an aromatic ring is 1. The zero-order chi connectivity index (χ0) is 21.9. The maximum absolute atomic E-state index is 5.87. The SMILES string of the molecule is COc1ccc(Oc2ncc(CN3CCc4nc(-c5ccc(N)cc5)ncc4C3)s2)cc1. The number of anilines is 1. The van der Waals surface area contributed by atoms with Crippen LogP contribution in [0.5, 0.6) is 16.7 Å². The van der Waals surface area contributed by atoms with Crippen LogP contribution in [-0.2, 0) is 19.5 Å². The van der Waals surface area contributed by atoms with E-state index in [0.29, 0.717) is 5.19 Å². The molecule has 0 amide bonds. The summed E-state index contributed by atoms with van der Waals surface area (Å²) < 4.78 is 11.1. The first-order chi connectivity index (χ1) is 15.7. The molecule has 0 atom stereocenters. The summed E-state index contributed by atoms with van der Waals surface area (Å²) in [6.45, 7) is 2.59. The molecule has 0 saturated heterocycles. The van der Waals surface area contributed by atoms with E-state index >= 15 is 0 Å². The number of nitrogens with zero attached hydrogens (tertiary/aromatic N) is 4. The number of hydrogen-bond acceptors (Lipinski definition) is 8. The van der Waals surface area contributed by atoms with Gasteiger partial charge in [0.25, 0.3) is 5.19 Å². The molecule has 0 fully saturated rings. The molecule has 1 aliphatic rings. The molecule has 0 unspecified atom stereocenters. The molecule has 2 N–H and O–H groups in total. The first-order valence-corrected chi connectivity index (χ1v) is 11.2. The van der Waals surface area contributed by atoms with Gasteiger partial charge < -0.3 is 15.2 Å². The van der Waals surface area contributed by atoms with E-state index in [1.165, 1.54) is 5.56 Å². The molecule has 0 saturated carbocycles. The van der Waals surface area contributed by atoms with Crippen molar-refractivity contribution in [2.45, 2.75) is 19.5 Å². The van der Waals surface area contributed by atoms with Gasteiger partial charge in [-0.05, 0) is 48.5 Å². The third-order valence-electron chi connectivity index (χ3n) is 5.36. The second-order valence-electron chi connectivity index (χ2n) is 7.62. The molecule has 7 nitrogen and oxygen atoms in total. The Morgan fingerprint density at radius 1 is 1.00 bits per heavy atom. The number of thiazole rings is 1. The highest BCUT2D eigenvalue weighted by Crippen LogP contribution is 2.29. The third kappa shape index (κ3) is 4.56. The number of rotatable bonds is 6. The second-order valence-corrected chi connectivity index (χ2v) is 8.70. The number of aromatic nitrogens is 3. The Hall–Kier alpha value is -3.49. The summed E-state index contributed by atoms with van der Waals surface area (Å²) >= 11 is 1.57. The Balaban J connectivity index is 1.22. The van der Waals surface area contributed by atoms with E-state index < -0.39 is 0 Å². The number of methoxy groups -OCH3 is 1. The second kappa shape index (κ2) is 8.94.